The summed E-state index contributed by atoms with van der Waals surface area (Å²) in [5.74, 6) is 0.230. The quantitative estimate of drug-likeness (QED) is 0.643. The third-order valence-electron chi connectivity index (χ3n) is 3.31. The number of rotatable bonds is 4. The number of hydrogen-bond donors (Lipinski definition) is 0. The highest BCUT2D eigenvalue weighted by Crippen LogP contribution is 2.27. The minimum atomic E-state index is -0.355. The van der Waals surface area contributed by atoms with Crippen LogP contribution in [0.3, 0.4) is 0 Å². The van der Waals surface area contributed by atoms with Crippen molar-refractivity contribution in [1.82, 2.24) is 5.16 Å². The summed E-state index contributed by atoms with van der Waals surface area (Å²) in [5, 5.41) is 4.74. The molecular weight excluding hydrogens is 314 g/mol. The van der Waals surface area contributed by atoms with Crippen molar-refractivity contribution >= 4 is 17.6 Å². The molecule has 0 aliphatic carbocycles. The maximum Gasteiger partial charge on any atom is 0.338 e. The summed E-state index contributed by atoms with van der Waals surface area (Å²) in [6, 6.07) is 16.2. The smallest absolute Gasteiger partial charge is 0.338 e. The second kappa shape index (κ2) is 6.67. The Labute approximate surface area is 138 Å². The van der Waals surface area contributed by atoms with E-state index in [1.54, 1.807) is 37.3 Å². The second-order valence-electron chi connectivity index (χ2n) is 4.88. The van der Waals surface area contributed by atoms with Crippen LogP contribution in [0, 0.1) is 0 Å². The minimum Gasteiger partial charge on any atom is -0.462 e. The first kappa shape index (κ1) is 15.3. The van der Waals surface area contributed by atoms with Gasteiger partial charge in [0.15, 0.2) is 5.76 Å². The number of nitrogens with zero attached hydrogens (tertiary/aromatic N) is 1. The predicted molar refractivity (Wildman–Crippen MR) is 88.3 cm³/mol. The van der Waals surface area contributed by atoms with Crippen LogP contribution in [0.15, 0.2) is 59.1 Å². The predicted octanol–water partition coefficient (Wildman–Crippen LogP) is 4.84. The fourth-order valence-electron chi connectivity index (χ4n) is 2.18. The van der Waals surface area contributed by atoms with Crippen LogP contribution in [0.2, 0.25) is 5.02 Å². The molecule has 0 aliphatic rings. The number of hydrogen-bond acceptors (Lipinski definition) is 4. The summed E-state index contributed by atoms with van der Waals surface area (Å²) in [6.45, 7) is 2.11. The first-order valence-electron chi connectivity index (χ1n) is 7.17. The van der Waals surface area contributed by atoms with E-state index in [4.69, 9.17) is 20.9 Å². The van der Waals surface area contributed by atoms with Gasteiger partial charge in [0.05, 0.1) is 12.2 Å². The Balaban J connectivity index is 1.90. The molecule has 0 bridgehead atoms. The number of ether oxygens (including phenoxy) is 1. The third kappa shape index (κ3) is 3.43. The fraction of sp³-hybridized carbons (Fsp3) is 0.111. The van der Waals surface area contributed by atoms with Gasteiger partial charge in [-0.3, -0.25) is 0 Å². The second-order valence-corrected chi connectivity index (χ2v) is 5.32. The third-order valence-corrected chi connectivity index (χ3v) is 3.56. The van der Waals surface area contributed by atoms with Gasteiger partial charge in [0, 0.05) is 22.2 Å². The van der Waals surface area contributed by atoms with Crippen molar-refractivity contribution in [1.29, 1.82) is 0 Å². The summed E-state index contributed by atoms with van der Waals surface area (Å²) in [6.07, 6.45) is 0. The summed E-state index contributed by atoms with van der Waals surface area (Å²) in [5.41, 5.74) is 2.86. The molecule has 0 spiro atoms. The van der Waals surface area contributed by atoms with Gasteiger partial charge < -0.3 is 9.26 Å². The normalized spacial score (nSPS) is 10.5. The van der Waals surface area contributed by atoms with E-state index in [0.717, 1.165) is 11.1 Å². The summed E-state index contributed by atoms with van der Waals surface area (Å²) >= 11 is 5.89. The van der Waals surface area contributed by atoms with Crippen molar-refractivity contribution in [2.24, 2.45) is 0 Å². The zero-order valence-electron chi connectivity index (χ0n) is 12.5. The summed E-state index contributed by atoms with van der Waals surface area (Å²) < 4.78 is 10.4. The number of halogens is 1. The molecule has 5 heteroatoms. The van der Waals surface area contributed by atoms with E-state index in [2.05, 4.69) is 5.16 Å². The molecule has 0 radical (unpaired) electrons. The van der Waals surface area contributed by atoms with Gasteiger partial charge in [-0.05, 0) is 31.2 Å². The molecule has 2 aromatic carbocycles. The molecule has 1 heterocycles. The van der Waals surface area contributed by atoms with Crippen molar-refractivity contribution in [3.05, 3.63) is 65.2 Å². The molecule has 0 N–H and O–H groups in total. The van der Waals surface area contributed by atoms with E-state index < -0.39 is 0 Å². The van der Waals surface area contributed by atoms with Crippen LogP contribution in [-0.4, -0.2) is 17.7 Å². The average molecular weight is 328 g/mol. The lowest BCUT2D eigenvalue weighted by atomic mass is 10.1. The van der Waals surface area contributed by atoms with Gasteiger partial charge in [0.1, 0.15) is 5.69 Å². The van der Waals surface area contributed by atoms with Crippen molar-refractivity contribution in [3.8, 4) is 22.6 Å². The molecule has 23 heavy (non-hydrogen) atoms. The molecule has 0 fully saturated rings. The van der Waals surface area contributed by atoms with Gasteiger partial charge in [0.25, 0.3) is 0 Å². The number of carbonyl (C=O) groups is 1. The Kier molecular flexibility index (Phi) is 4.44. The van der Waals surface area contributed by atoms with E-state index in [1.165, 1.54) is 0 Å². The van der Waals surface area contributed by atoms with Crippen LogP contribution in [-0.2, 0) is 4.74 Å². The van der Waals surface area contributed by atoms with Crippen LogP contribution in [0.4, 0.5) is 0 Å². The van der Waals surface area contributed by atoms with Gasteiger partial charge in [-0.15, -0.1) is 0 Å². The van der Waals surface area contributed by atoms with E-state index in [9.17, 15) is 4.79 Å². The Bertz CT molecular complexity index is 824. The van der Waals surface area contributed by atoms with Crippen molar-refractivity contribution in [3.63, 3.8) is 0 Å². The van der Waals surface area contributed by atoms with E-state index in [1.807, 2.05) is 24.3 Å². The SMILES string of the molecule is CCOC(=O)c1cccc(-c2cc(-c3ccc(Cl)cc3)no2)c1. The Morgan fingerprint density at radius 2 is 1.91 bits per heavy atom. The molecule has 116 valence electrons. The van der Waals surface area contributed by atoms with Crippen LogP contribution in [0.1, 0.15) is 17.3 Å². The van der Waals surface area contributed by atoms with Gasteiger partial charge >= 0.3 is 5.97 Å². The molecular formula is C18H14ClNO3. The number of aromatic nitrogens is 1. The first-order chi connectivity index (χ1) is 11.2. The number of carbonyl (C=O) groups excluding carboxylic acids is 1. The molecule has 0 unspecified atom stereocenters. The van der Waals surface area contributed by atoms with Crippen molar-refractivity contribution < 1.29 is 14.1 Å². The van der Waals surface area contributed by atoms with E-state index in [-0.39, 0.29) is 5.97 Å². The van der Waals surface area contributed by atoms with E-state index >= 15 is 0 Å². The minimum absolute atomic E-state index is 0.339. The van der Waals surface area contributed by atoms with Crippen LogP contribution < -0.4 is 0 Å². The highest BCUT2D eigenvalue weighted by atomic mass is 35.5. The maximum atomic E-state index is 11.8. The molecule has 3 aromatic rings. The first-order valence-corrected chi connectivity index (χ1v) is 7.55. The maximum absolute atomic E-state index is 11.8. The molecule has 0 amide bonds. The Morgan fingerprint density at radius 3 is 2.65 bits per heavy atom. The largest absolute Gasteiger partial charge is 0.462 e. The highest BCUT2D eigenvalue weighted by molar-refractivity contribution is 6.30. The highest BCUT2D eigenvalue weighted by Gasteiger charge is 2.12. The molecule has 4 nitrogen and oxygen atoms in total. The lowest BCUT2D eigenvalue weighted by molar-refractivity contribution is 0.0526. The number of esters is 1. The zero-order valence-corrected chi connectivity index (χ0v) is 13.2. The van der Waals surface area contributed by atoms with Crippen LogP contribution in [0.25, 0.3) is 22.6 Å². The zero-order chi connectivity index (χ0) is 16.2. The molecule has 1 aromatic heterocycles. The van der Waals surface area contributed by atoms with Crippen molar-refractivity contribution in [2.45, 2.75) is 6.92 Å². The Morgan fingerprint density at radius 1 is 1.13 bits per heavy atom. The Hall–Kier alpha value is -2.59. The van der Waals surface area contributed by atoms with Crippen molar-refractivity contribution in [2.75, 3.05) is 6.61 Å². The lowest BCUT2D eigenvalue weighted by Gasteiger charge is -2.02. The standard InChI is InChI=1S/C18H14ClNO3/c1-2-22-18(21)14-5-3-4-13(10-14)17-11-16(20-23-17)12-6-8-15(19)9-7-12/h3-11H,2H2,1H3. The molecule has 0 aliphatic heterocycles. The summed E-state index contributed by atoms with van der Waals surface area (Å²) in [7, 11) is 0. The van der Waals surface area contributed by atoms with Gasteiger partial charge in [0.2, 0.25) is 0 Å². The average Bonchev–Trinajstić information content (AvgIpc) is 3.06. The fourth-order valence-corrected chi connectivity index (χ4v) is 2.31. The topological polar surface area (TPSA) is 52.3 Å². The lowest BCUT2D eigenvalue weighted by Crippen LogP contribution is -2.04. The van der Waals surface area contributed by atoms with E-state index in [0.29, 0.717) is 28.6 Å². The molecule has 0 atom stereocenters. The van der Waals surface area contributed by atoms with Gasteiger partial charge in [-0.25, -0.2) is 4.79 Å². The molecule has 3 rings (SSSR count). The van der Waals surface area contributed by atoms with Crippen LogP contribution in [0.5, 0.6) is 0 Å². The summed E-state index contributed by atoms with van der Waals surface area (Å²) in [4.78, 5) is 11.8. The van der Waals surface area contributed by atoms with Gasteiger partial charge in [-0.1, -0.05) is 41.0 Å². The number of benzene rings is 2. The molecule has 0 saturated carbocycles. The van der Waals surface area contributed by atoms with Gasteiger partial charge in [-0.2, -0.15) is 0 Å². The molecule has 0 saturated heterocycles. The monoisotopic (exact) mass is 327 g/mol. The van der Waals surface area contributed by atoms with Crippen LogP contribution >= 0.6 is 11.6 Å².